The van der Waals surface area contributed by atoms with Gasteiger partial charge in [0, 0.05) is 32.0 Å². The molecule has 1 atom stereocenters. The average molecular weight is 598 g/mol. The maximum atomic E-state index is 12.9. The van der Waals surface area contributed by atoms with Gasteiger partial charge in [-0.3, -0.25) is 10.1 Å². The second-order valence-electron chi connectivity index (χ2n) is 10.5. The lowest BCUT2D eigenvalue weighted by Crippen LogP contribution is -2.44. The van der Waals surface area contributed by atoms with Gasteiger partial charge < -0.3 is 14.8 Å². The fourth-order valence-electron chi connectivity index (χ4n) is 4.25. The van der Waals surface area contributed by atoms with Gasteiger partial charge in [0.1, 0.15) is 12.6 Å². The third-order valence-electron chi connectivity index (χ3n) is 6.34. The molecule has 0 bridgehead atoms. The summed E-state index contributed by atoms with van der Waals surface area (Å²) in [5, 5.41) is 14.2. The van der Waals surface area contributed by atoms with Crippen molar-refractivity contribution in [1.82, 2.24) is 10.3 Å². The van der Waals surface area contributed by atoms with Gasteiger partial charge in [-0.25, -0.2) is 14.6 Å². The number of amides is 1. The summed E-state index contributed by atoms with van der Waals surface area (Å²) in [5.74, 6) is -0.584. The van der Waals surface area contributed by atoms with Crippen molar-refractivity contribution in [3.05, 3.63) is 88.1 Å². The quantitative estimate of drug-likeness (QED) is 0.0818. The van der Waals surface area contributed by atoms with Crippen molar-refractivity contribution in [2.24, 2.45) is 0 Å². The van der Waals surface area contributed by atoms with Gasteiger partial charge in [-0.2, -0.15) is 0 Å². The summed E-state index contributed by atoms with van der Waals surface area (Å²) in [6.07, 6.45) is 0.732. The van der Waals surface area contributed by atoms with Crippen LogP contribution < -0.4 is 5.32 Å². The van der Waals surface area contributed by atoms with Crippen LogP contribution in [0.1, 0.15) is 17.0 Å². The molecule has 0 unspecified atom stereocenters. The fourth-order valence-corrected chi connectivity index (χ4v) is 7.17. The molecular formula is C28H31N3O6S2Si. The Morgan fingerprint density at radius 3 is 2.30 bits per heavy atom. The van der Waals surface area contributed by atoms with Crippen molar-refractivity contribution >= 4 is 47.4 Å². The van der Waals surface area contributed by atoms with Crippen LogP contribution in [0.4, 0.5) is 10.5 Å². The molecule has 9 nitrogen and oxygen atoms in total. The molecule has 0 spiro atoms. The molecule has 210 valence electrons. The third-order valence-corrected chi connectivity index (χ3v) is 10.3. The van der Waals surface area contributed by atoms with E-state index in [2.05, 4.69) is 42.1 Å². The van der Waals surface area contributed by atoms with Crippen LogP contribution in [0, 0.1) is 10.1 Å². The Morgan fingerprint density at radius 1 is 1.02 bits per heavy atom. The number of hydrogen-bond acceptors (Lipinski definition) is 9. The van der Waals surface area contributed by atoms with Crippen molar-refractivity contribution < 1.29 is 24.0 Å². The van der Waals surface area contributed by atoms with Crippen LogP contribution in [-0.2, 0) is 14.3 Å². The molecule has 1 heterocycles. The molecule has 1 N–H and O–H groups in total. The van der Waals surface area contributed by atoms with Gasteiger partial charge in [-0.15, -0.1) is 0 Å². The summed E-state index contributed by atoms with van der Waals surface area (Å²) < 4.78 is 11.1. The number of esters is 1. The molecule has 0 radical (unpaired) electrons. The Hall–Kier alpha value is -3.35. The summed E-state index contributed by atoms with van der Waals surface area (Å²) in [4.78, 5) is 40.7. The van der Waals surface area contributed by atoms with E-state index < -0.39 is 31.1 Å². The standard InChI is InChI=1S/C28H31N3O6S2Si/c1-40(2,3)16-15-36-27(32)24(18-38-39-26-25(31(34)35)13-8-14-29-26)30-28(33)37-17-23-21-11-6-4-9-19(21)20-10-5-7-12-22(20)23/h4-14,23-24H,15-18H2,1-3H3,(H,30,33)/t24-/m0/s1. The number of alkyl carbamates (subject to hydrolysis) is 1. The Bertz CT molecular complexity index is 1340. The Labute approximate surface area is 242 Å². The second-order valence-corrected chi connectivity index (χ2v) is 18.4. The van der Waals surface area contributed by atoms with Crippen molar-refractivity contribution in [3.8, 4) is 11.1 Å². The summed E-state index contributed by atoms with van der Waals surface area (Å²) in [5.41, 5.74) is 4.28. The topological polar surface area (TPSA) is 121 Å². The van der Waals surface area contributed by atoms with E-state index in [1.807, 2.05) is 36.4 Å². The zero-order valence-electron chi connectivity index (χ0n) is 22.5. The van der Waals surface area contributed by atoms with E-state index in [0.717, 1.165) is 39.1 Å². The lowest BCUT2D eigenvalue weighted by Gasteiger charge is -2.20. The monoisotopic (exact) mass is 597 g/mol. The van der Waals surface area contributed by atoms with E-state index in [9.17, 15) is 19.7 Å². The van der Waals surface area contributed by atoms with Crippen LogP contribution in [0.3, 0.4) is 0 Å². The maximum Gasteiger partial charge on any atom is 0.407 e. The number of rotatable bonds is 12. The predicted octanol–water partition coefficient (Wildman–Crippen LogP) is 6.52. The molecule has 0 saturated carbocycles. The Balaban J connectivity index is 1.40. The van der Waals surface area contributed by atoms with Crippen LogP contribution in [0.2, 0.25) is 25.7 Å². The average Bonchev–Trinajstić information content (AvgIpc) is 3.24. The van der Waals surface area contributed by atoms with Crippen molar-refractivity contribution in [1.29, 1.82) is 0 Å². The number of carbonyl (C=O) groups excluding carboxylic acids is 2. The predicted molar refractivity (Wildman–Crippen MR) is 160 cm³/mol. The molecule has 1 amide bonds. The van der Waals surface area contributed by atoms with Gasteiger partial charge in [0.2, 0.25) is 0 Å². The molecule has 0 aliphatic heterocycles. The highest BCUT2D eigenvalue weighted by Crippen LogP contribution is 2.44. The molecule has 0 saturated heterocycles. The molecule has 4 rings (SSSR count). The van der Waals surface area contributed by atoms with Gasteiger partial charge in [0.05, 0.1) is 11.5 Å². The molecule has 0 fully saturated rings. The number of hydrogen-bond donors (Lipinski definition) is 1. The molecule has 1 aliphatic rings. The molecule has 1 aliphatic carbocycles. The number of benzene rings is 2. The van der Waals surface area contributed by atoms with Crippen LogP contribution in [0.25, 0.3) is 11.1 Å². The van der Waals surface area contributed by atoms with E-state index in [-0.39, 0.29) is 35.6 Å². The lowest BCUT2D eigenvalue weighted by atomic mass is 9.98. The Kier molecular flexibility index (Phi) is 9.88. The maximum absolute atomic E-state index is 12.9. The van der Waals surface area contributed by atoms with Crippen LogP contribution in [-0.4, -0.2) is 55.1 Å². The van der Waals surface area contributed by atoms with E-state index in [1.54, 1.807) is 0 Å². The third kappa shape index (κ3) is 7.64. The molecule has 1 aromatic heterocycles. The minimum atomic E-state index is -1.43. The smallest absolute Gasteiger partial charge is 0.407 e. The highest BCUT2D eigenvalue weighted by Gasteiger charge is 2.30. The first-order valence-corrected chi connectivity index (χ1v) is 18.8. The number of nitrogens with zero attached hydrogens (tertiary/aromatic N) is 2. The van der Waals surface area contributed by atoms with E-state index >= 15 is 0 Å². The summed E-state index contributed by atoms with van der Waals surface area (Å²) in [6, 6.07) is 18.7. The summed E-state index contributed by atoms with van der Waals surface area (Å²) >= 11 is 0. The lowest BCUT2D eigenvalue weighted by molar-refractivity contribution is -0.388. The first kappa shape index (κ1) is 29.6. The van der Waals surface area contributed by atoms with Crippen LogP contribution >= 0.6 is 21.6 Å². The molecule has 40 heavy (non-hydrogen) atoms. The molecular weight excluding hydrogens is 567 g/mol. The van der Waals surface area contributed by atoms with E-state index in [0.29, 0.717) is 0 Å². The SMILES string of the molecule is C[Si](C)(C)CCOC(=O)[C@H](CSSc1ncccc1[N+](=O)[O-])NC(=O)OCC1c2ccccc2-c2ccccc21. The number of pyridine rings is 1. The van der Waals surface area contributed by atoms with E-state index in [1.165, 1.54) is 29.1 Å². The van der Waals surface area contributed by atoms with Gasteiger partial charge in [0.25, 0.3) is 0 Å². The first-order valence-electron chi connectivity index (χ1n) is 12.8. The van der Waals surface area contributed by atoms with Crippen LogP contribution in [0.5, 0.6) is 0 Å². The van der Waals surface area contributed by atoms with Crippen molar-refractivity contribution in [3.63, 3.8) is 0 Å². The van der Waals surface area contributed by atoms with Gasteiger partial charge >= 0.3 is 17.7 Å². The summed E-state index contributed by atoms with van der Waals surface area (Å²) in [7, 11) is 0.799. The zero-order chi connectivity index (χ0) is 28.7. The number of aromatic nitrogens is 1. The number of carbonyl (C=O) groups is 2. The van der Waals surface area contributed by atoms with Crippen LogP contribution in [0.15, 0.2) is 71.9 Å². The first-order chi connectivity index (χ1) is 19.1. The normalized spacial score (nSPS) is 13.2. The number of fused-ring (bicyclic) bond motifs is 3. The van der Waals surface area contributed by atoms with Gasteiger partial charge in [-0.1, -0.05) is 79.0 Å². The minimum absolute atomic E-state index is 0.106. The fraction of sp³-hybridized carbons (Fsp3) is 0.321. The largest absolute Gasteiger partial charge is 0.464 e. The number of nitro groups is 1. The molecule has 3 aromatic rings. The zero-order valence-corrected chi connectivity index (χ0v) is 25.1. The molecule has 2 aromatic carbocycles. The van der Waals surface area contributed by atoms with Crippen molar-refractivity contribution in [2.75, 3.05) is 19.0 Å². The minimum Gasteiger partial charge on any atom is -0.464 e. The summed E-state index contributed by atoms with van der Waals surface area (Å²) in [6.45, 7) is 6.92. The Morgan fingerprint density at radius 2 is 1.68 bits per heavy atom. The van der Waals surface area contributed by atoms with Gasteiger partial charge in [-0.05, 0) is 45.2 Å². The number of ether oxygens (including phenoxy) is 2. The highest BCUT2D eigenvalue weighted by atomic mass is 33.1. The number of nitrogens with one attached hydrogen (secondary N) is 1. The molecule has 12 heteroatoms. The van der Waals surface area contributed by atoms with E-state index in [4.69, 9.17) is 9.47 Å². The van der Waals surface area contributed by atoms with Crippen molar-refractivity contribution in [2.45, 2.75) is 42.7 Å². The second kappa shape index (κ2) is 13.3. The van der Waals surface area contributed by atoms with Gasteiger partial charge in [0.15, 0.2) is 5.03 Å². The highest BCUT2D eigenvalue weighted by molar-refractivity contribution is 8.76.